The molecule has 0 saturated carbocycles. The molecule has 0 aliphatic carbocycles. The van der Waals surface area contributed by atoms with Crippen molar-refractivity contribution in [2.24, 2.45) is 0 Å². The summed E-state index contributed by atoms with van der Waals surface area (Å²) in [5, 5.41) is 0. The molecule has 0 bridgehead atoms. The highest BCUT2D eigenvalue weighted by molar-refractivity contribution is 5.89. The summed E-state index contributed by atoms with van der Waals surface area (Å²) >= 11 is 0. The SMILES string of the molecule is CCCCCCC(C)OC(=O)c1ccc(N2CCN(c3ccc(C(=O)O[C@@H](C)CCCCCC)cn3)CC2)nc1. The van der Waals surface area contributed by atoms with E-state index in [0.29, 0.717) is 11.1 Å². The minimum absolute atomic E-state index is 0.0886. The number of rotatable bonds is 16. The van der Waals surface area contributed by atoms with Gasteiger partial charge in [-0.1, -0.05) is 52.4 Å². The molecule has 2 atom stereocenters. The van der Waals surface area contributed by atoms with Gasteiger partial charge in [0.1, 0.15) is 11.6 Å². The van der Waals surface area contributed by atoms with Crippen LogP contribution >= 0.6 is 0 Å². The molecule has 0 aromatic carbocycles. The van der Waals surface area contributed by atoms with Crippen LogP contribution in [-0.4, -0.2) is 60.3 Å². The van der Waals surface area contributed by atoms with E-state index >= 15 is 0 Å². The van der Waals surface area contributed by atoms with Crippen molar-refractivity contribution in [3.05, 3.63) is 47.8 Å². The summed E-state index contributed by atoms with van der Waals surface area (Å²) in [5.41, 5.74) is 0.966. The summed E-state index contributed by atoms with van der Waals surface area (Å²) in [7, 11) is 0. The number of unbranched alkanes of at least 4 members (excludes halogenated alkanes) is 6. The van der Waals surface area contributed by atoms with Gasteiger partial charge >= 0.3 is 11.9 Å². The predicted octanol–water partition coefficient (Wildman–Crippen LogP) is 6.83. The molecule has 0 N–H and O–H groups in total. The van der Waals surface area contributed by atoms with E-state index in [1.165, 1.54) is 38.5 Å². The zero-order chi connectivity index (χ0) is 28.7. The molecule has 1 aliphatic rings. The molecule has 1 aliphatic heterocycles. The molecule has 1 fully saturated rings. The molecule has 3 rings (SSSR count). The number of pyridine rings is 2. The first-order chi connectivity index (χ1) is 19.4. The second-order valence-electron chi connectivity index (χ2n) is 10.9. The monoisotopic (exact) mass is 552 g/mol. The van der Waals surface area contributed by atoms with Crippen LogP contribution in [0.4, 0.5) is 11.6 Å². The molecule has 1 unspecified atom stereocenters. The number of aromatic nitrogens is 2. The van der Waals surface area contributed by atoms with Gasteiger partial charge in [-0.15, -0.1) is 0 Å². The first-order valence-corrected chi connectivity index (χ1v) is 15.2. The fourth-order valence-corrected chi connectivity index (χ4v) is 4.89. The second kappa shape index (κ2) is 16.8. The van der Waals surface area contributed by atoms with Gasteiger partial charge in [0.05, 0.1) is 23.3 Å². The Morgan fingerprint density at radius 3 is 1.40 bits per heavy atom. The summed E-state index contributed by atoms with van der Waals surface area (Å²) in [6.45, 7) is 11.4. The van der Waals surface area contributed by atoms with E-state index in [9.17, 15) is 9.59 Å². The molecular weight excluding hydrogens is 504 g/mol. The smallest absolute Gasteiger partial charge is 0.339 e. The third kappa shape index (κ3) is 10.1. The Hall–Kier alpha value is -3.16. The van der Waals surface area contributed by atoms with Crippen molar-refractivity contribution in [2.75, 3.05) is 36.0 Å². The van der Waals surface area contributed by atoms with Crippen molar-refractivity contribution in [3.63, 3.8) is 0 Å². The van der Waals surface area contributed by atoms with E-state index in [1.54, 1.807) is 24.5 Å². The summed E-state index contributed by atoms with van der Waals surface area (Å²) in [5.74, 6) is 1.07. The minimum atomic E-state index is -0.313. The van der Waals surface area contributed by atoms with Crippen molar-refractivity contribution < 1.29 is 19.1 Å². The van der Waals surface area contributed by atoms with Crippen LogP contribution in [0.5, 0.6) is 0 Å². The van der Waals surface area contributed by atoms with Crippen molar-refractivity contribution in [2.45, 2.75) is 104 Å². The van der Waals surface area contributed by atoms with Gasteiger partial charge in [-0.05, 0) is 63.8 Å². The molecule has 8 nitrogen and oxygen atoms in total. The average molecular weight is 553 g/mol. The van der Waals surface area contributed by atoms with Gasteiger partial charge in [0.2, 0.25) is 0 Å². The summed E-state index contributed by atoms with van der Waals surface area (Å²) in [6.07, 6.45) is 14.2. The van der Waals surface area contributed by atoms with Crippen LogP contribution in [0.15, 0.2) is 36.7 Å². The van der Waals surface area contributed by atoms with E-state index in [-0.39, 0.29) is 24.1 Å². The molecule has 40 heavy (non-hydrogen) atoms. The lowest BCUT2D eigenvalue weighted by atomic mass is 10.1. The number of piperazine rings is 1. The molecule has 220 valence electrons. The molecule has 3 heterocycles. The number of nitrogens with zero attached hydrogens (tertiary/aromatic N) is 4. The first kappa shape index (κ1) is 31.4. The van der Waals surface area contributed by atoms with E-state index in [0.717, 1.165) is 63.5 Å². The Morgan fingerprint density at radius 1 is 0.675 bits per heavy atom. The lowest BCUT2D eigenvalue weighted by Crippen LogP contribution is -2.47. The third-order valence-electron chi connectivity index (χ3n) is 7.44. The molecule has 0 amide bonds. The lowest BCUT2D eigenvalue weighted by molar-refractivity contribution is 0.0308. The largest absolute Gasteiger partial charge is 0.459 e. The predicted molar refractivity (Wildman–Crippen MR) is 160 cm³/mol. The minimum Gasteiger partial charge on any atom is -0.459 e. The number of esters is 2. The van der Waals surface area contributed by atoms with Crippen LogP contribution in [0.1, 0.15) is 113 Å². The van der Waals surface area contributed by atoms with Crippen LogP contribution in [0, 0.1) is 0 Å². The molecule has 2 aromatic heterocycles. The number of carbonyl (C=O) groups excluding carboxylic acids is 2. The van der Waals surface area contributed by atoms with E-state index in [2.05, 4.69) is 33.6 Å². The number of carbonyl (C=O) groups is 2. The van der Waals surface area contributed by atoms with Crippen molar-refractivity contribution in [1.82, 2.24) is 9.97 Å². The van der Waals surface area contributed by atoms with Gasteiger partial charge in [0.25, 0.3) is 0 Å². The van der Waals surface area contributed by atoms with Crippen molar-refractivity contribution in [3.8, 4) is 0 Å². The molecule has 2 aromatic rings. The third-order valence-corrected chi connectivity index (χ3v) is 7.44. The second-order valence-corrected chi connectivity index (χ2v) is 10.9. The summed E-state index contributed by atoms with van der Waals surface area (Å²) < 4.78 is 11.2. The summed E-state index contributed by atoms with van der Waals surface area (Å²) in [4.78, 5) is 38.5. The number of ether oxygens (including phenoxy) is 2. The average Bonchev–Trinajstić information content (AvgIpc) is 2.98. The standard InChI is InChI=1S/C32H48N4O4/c1-5-7-9-11-13-25(3)39-31(37)27-15-17-29(33-23-27)35-19-21-36(22-20-35)30-18-16-28(24-34-30)32(38)40-26(4)14-12-10-8-6-2/h15-18,23-26H,5-14,19-22H2,1-4H3/t25-,26?/m0/s1. The molecule has 8 heteroatoms. The molecule has 1 saturated heterocycles. The lowest BCUT2D eigenvalue weighted by Gasteiger charge is -2.36. The number of anilines is 2. The molecule has 0 spiro atoms. The van der Waals surface area contributed by atoms with Crippen LogP contribution < -0.4 is 9.80 Å². The van der Waals surface area contributed by atoms with Gasteiger partial charge in [-0.25, -0.2) is 19.6 Å². The maximum atomic E-state index is 12.5. The highest BCUT2D eigenvalue weighted by Crippen LogP contribution is 2.20. The van der Waals surface area contributed by atoms with Crippen LogP contribution in [0.25, 0.3) is 0 Å². The Morgan fingerprint density at radius 2 is 1.07 bits per heavy atom. The normalized spacial score (nSPS) is 15.0. The van der Waals surface area contributed by atoms with Crippen LogP contribution in [0.3, 0.4) is 0 Å². The topological polar surface area (TPSA) is 84.9 Å². The van der Waals surface area contributed by atoms with E-state index < -0.39 is 0 Å². The van der Waals surface area contributed by atoms with Gasteiger partial charge < -0.3 is 19.3 Å². The fourth-order valence-electron chi connectivity index (χ4n) is 4.89. The van der Waals surface area contributed by atoms with E-state index in [1.807, 2.05) is 26.0 Å². The highest BCUT2D eigenvalue weighted by atomic mass is 16.5. The number of hydrogen-bond donors (Lipinski definition) is 0. The van der Waals surface area contributed by atoms with Crippen LogP contribution in [-0.2, 0) is 9.47 Å². The number of hydrogen-bond acceptors (Lipinski definition) is 8. The quantitative estimate of drug-likeness (QED) is 0.165. The molecule has 0 radical (unpaired) electrons. The Balaban J connectivity index is 1.42. The van der Waals surface area contributed by atoms with Gasteiger partial charge in [-0.2, -0.15) is 0 Å². The Kier molecular flexibility index (Phi) is 13.2. The first-order valence-electron chi connectivity index (χ1n) is 15.2. The maximum absolute atomic E-state index is 12.5. The zero-order valence-electron chi connectivity index (χ0n) is 24.9. The van der Waals surface area contributed by atoms with Gasteiger partial charge in [0, 0.05) is 38.6 Å². The van der Waals surface area contributed by atoms with E-state index in [4.69, 9.17) is 9.47 Å². The fraction of sp³-hybridized carbons (Fsp3) is 0.625. The Labute approximate surface area is 240 Å². The van der Waals surface area contributed by atoms with Crippen LogP contribution in [0.2, 0.25) is 0 Å². The van der Waals surface area contributed by atoms with Gasteiger partial charge in [-0.3, -0.25) is 0 Å². The van der Waals surface area contributed by atoms with Gasteiger partial charge in [0.15, 0.2) is 0 Å². The Bertz CT molecular complexity index is 937. The van der Waals surface area contributed by atoms with Crippen molar-refractivity contribution >= 4 is 23.6 Å². The molecular formula is C32H48N4O4. The zero-order valence-corrected chi connectivity index (χ0v) is 24.9. The summed E-state index contributed by atoms with van der Waals surface area (Å²) in [6, 6.07) is 7.38. The highest BCUT2D eigenvalue weighted by Gasteiger charge is 2.21. The maximum Gasteiger partial charge on any atom is 0.339 e. The van der Waals surface area contributed by atoms with Crippen molar-refractivity contribution in [1.29, 1.82) is 0 Å².